The molecular weight excluding hydrogens is 434 g/mol. The Morgan fingerprint density at radius 2 is 1.12 bits per heavy atom. The molecule has 0 saturated carbocycles. The molecule has 15 heteroatoms. The molecule has 180 valence electrons. The van der Waals surface area contributed by atoms with E-state index < -0.39 is 85.5 Å². The largest absolute Gasteiger partial charge is 0.481 e. The first-order chi connectivity index (χ1) is 14.8. The Balaban J connectivity index is 5.34. The number of aliphatic carboxylic acids is 3. The van der Waals surface area contributed by atoms with E-state index in [0.717, 1.165) is 0 Å². The highest BCUT2D eigenvalue weighted by molar-refractivity contribution is 5.94. The molecule has 0 radical (unpaired) electrons. The number of amides is 4. The summed E-state index contributed by atoms with van der Waals surface area (Å²) in [4.78, 5) is 80.1. The van der Waals surface area contributed by atoms with E-state index in [4.69, 9.17) is 26.8 Å². The fourth-order valence-electron chi connectivity index (χ4n) is 2.34. The zero-order valence-corrected chi connectivity index (χ0v) is 17.0. The minimum atomic E-state index is -1.46. The third-order valence-corrected chi connectivity index (χ3v) is 4.01. The van der Waals surface area contributed by atoms with Gasteiger partial charge in [0, 0.05) is 19.3 Å². The van der Waals surface area contributed by atoms with Gasteiger partial charge in [-0.05, 0) is 19.3 Å². The summed E-state index contributed by atoms with van der Waals surface area (Å²) in [5.74, 6) is -7.49. The van der Waals surface area contributed by atoms with E-state index in [-0.39, 0.29) is 19.3 Å². The summed E-state index contributed by atoms with van der Waals surface area (Å²) in [6.07, 6.45) is -2.22. The molecule has 0 aliphatic heterocycles. The van der Waals surface area contributed by atoms with Gasteiger partial charge in [-0.1, -0.05) is 0 Å². The minimum absolute atomic E-state index is 0.243. The monoisotopic (exact) mass is 461 g/mol. The Morgan fingerprint density at radius 3 is 1.62 bits per heavy atom. The molecule has 0 spiro atoms. The molecule has 0 aromatic heterocycles. The Kier molecular flexibility index (Phi) is 12.6. The number of carboxylic acid groups (broad SMARTS) is 3. The van der Waals surface area contributed by atoms with Crippen molar-refractivity contribution in [2.75, 3.05) is 6.54 Å². The standard InChI is InChI=1S/C17H27N5O10/c18-8(1-5-12(24)25)15(30)21-10(3-6-13(26)27)17(32)22-9(2-4-11(19)23)16(31)20-7-14(28)29/h8-10H,1-7,18H2,(H2,19,23)(H,20,31)(H,21,30)(H,22,32)(H,24,25)(H,26,27)(H,28,29). The summed E-state index contributed by atoms with van der Waals surface area (Å²) < 4.78 is 0. The van der Waals surface area contributed by atoms with Gasteiger partial charge in [0.05, 0.1) is 6.04 Å². The number of nitrogens with two attached hydrogens (primary N) is 2. The first kappa shape index (κ1) is 28.2. The molecule has 0 bridgehead atoms. The van der Waals surface area contributed by atoms with Crippen LogP contribution in [-0.2, 0) is 33.6 Å². The molecule has 0 fully saturated rings. The van der Waals surface area contributed by atoms with Crippen molar-refractivity contribution in [2.45, 2.75) is 56.7 Å². The van der Waals surface area contributed by atoms with Crippen LogP contribution in [0.5, 0.6) is 0 Å². The molecule has 0 rings (SSSR count). The fraction of sp³-hybridized carbons (Fsp3) is 0.588. The van der Waals surface area contributed by atoms with Crippen LogP contribution in [0, 0.1) is 0 Å². The van der Waals surface area contributed by atoms with Crippen molar-refractivity contribution in [1.29, 1.82) is 0 Å². The fourth-order valence-corrected chi connectivity index (χ4v) is 2.34. The van der Waals surface area contributed by atoms with E-state index >= 15 is 0 Å². The number of carbonyl (C=O) groups excluding carboxylic acids is 4. The van der Waals surface area contributed by atoms with Gasteiger partial charge in [0.2, 0.25) is 23.6 Å². The van der Waals surface area contributed by atoms with Crippen LogP contribution < -0.4 is 27.4 Å². The van der Waals surface area contributed by atoms with Gasteiger partial charge in [0.1, 0.15) is 18.6 Å². The Bertz CT molecular complexity index is 741. The summed E-state index contributed by atoms with van der Waals surface area (Å²) in [5, 5.41) is 32.6. The second kappa shape index (κ2) is 14.3. The number of primary amides is 1. The average molecular weight is 461 g/mol. The van der Waals surface area contributed by atoms with E-state index in [1.165, 1.54) is 0 Å². The molecule has 3 atom stereocenters. The topological polar surface area (TPSA) is 268 Å². The van der Waals surface area contributed by atoms with Crippen LogP contribution in [0.1, 0.15) is 38.5 Å². The molecule has 3 unspecified atom stereocenters. The number of carbonyl (C=O) groups is 7. The van der Waals surface area contributed by atoms with Gasteiger partial charge < -0.3 is 42.7 Å². The van der Waals surface area contributed by atoms with Crippen LogP contribution in [0.15, 0.2) is 0 Å². The van der Waals surface area contributed by atoms with Crippen molar-refractivity contribution in [3.05, 3.63) is 0 Å². The average Bonchev–Trinajstić information content (AvgIpc) is 2.69. The molecule has 0 aliphatic rings. The first-order valence-corrected chi connectivity index (χ1v) is 9.41. The highest BCUT2D eigenvalue weighted by Crippen LogP contribution is 2.04. The second-order valence-electron chi connectivity index (χ2n) is 6.71. The van der Waals surface area contributed by atoms with Gasteiger partial charge in [0.15, 0.2) is 0 Å². The summed E-state index contributed by atoms with van der Waals surface area (Å²) in [7, 11) is 0. The number of hydrogen-bond acceptors (Lipinski definition) is 8. The van der Waals surface area contributed by atoms with Crippen molar-refractivity contribution < 1.29 is 48.9 Å². The van der Waals surface area contributed by atoms with Gasteiger partial charge in [-0.25, -0.2) is 0 Å². The molecule has 0 aliphatic carbocycles. The number of rotatable bonds is 16. The van der Waals surface area contributed by atoms with Crippen LogP contribution in [0.25, 0.3) is 0 Å². The number of carboxylic acids is 3. The van der Waals surface area contributed by atoms with E-state index in [9.17, 15) is 33.6 Å². The zero-order valence-electron chi connectivity index (χ0n) is 17.0. The van der Waals surface area contributed by atoms with Crippen molar-refractivity contribution in [2.24, 2.45) is 11.5 Å². The minimum Gasteiger partial charge on any atom is -0.481 e. The highest BCUT2D eigenvalue weighted by Gasteiger charge is 2.29. The van der Waals surface area contributed by atoms with Crippen LogP contribution in [0.2, 0.25) is 0 Å². The summed E-state index contributed by atoms with van der Waals surface area (Å²) in [5.41, 5.74) is 10.6. The molecule has 4 amide bonds. The summed E-state index contributed by atoms with van der Waals surface area (Å²) >= 11 is 0. The molecule has 0 aromatic carbocycles. The van der Waals surface area contributed by atoms with Crippen LogP contribution in [0.4, 0.5) is 0 Å². The number of hydrogen-bond donors (Lipinski definition) is 8. The lowest BCUT2D eigenvalue weighted by atomic mass is 10.1. The quantitative estimate of drug-likeness (QED) is 0.112. The van der Waals surface area contributed by atoms with Gasteiger partial charge in [-0.3, -0.25) is 33.6 Å². The van der Waals surface area contributed by atoms with Crippen LogP contribution in [-0.4, -0.2) is 81.5 Å². The van der Waals surface area contributed by atoms with Gasteiger partial charge in [-0.15, -0.1) is 0 Å². The molecule has 32 heavy (non-hydrogen) atoms. The smallest absolute Gasteiger partial charge is 0.322 e. The van der Waals surface area contributed by atoms with Crippen molar-refractivity contribution in [1.82, 2.24) is 16.0 Å². The molecule has 0 heterocycles. The first-order valence-electron chi connectivity index (χ1n) is 9.41. The Labute approximate surface area is 181 Å². The van der Waals surface area contributed by atoms with Gasteiger partial charge >= 0.3 is 17.9 Å². The lowest BCUT2D eigenvalue weighted by molar-refractivity contribution is -0.139. The maximum absolute atomic E-state index is 12.6. The SMILES string of the molecule is NC(=O)CCC(NC(=O)C(CCC(=O)O)NC(=O)C(N)CCC(=O)O)C(=O)NCC(=O)O. The van der Waals surface area contributed by atoms with Crippen molar-refractivity contribution in [3.63, 3.8) is 0 Å². The predicted molar refractivity (Wildman–Crippen MR) is 105 cm³/mol. The Hall–Kier alpha value is -3.75. The predicted octanol–water partition coefficient (Wildman–Crippen LogP) is -3.52. The van der Waals surface area contributed by atoms with E-state index in [1.54, 1.807) is 0 Å². The lowest BCUT2D eigenvalue weighted by Crippen LogP contribution is -2.56. The van der Waals surface area contributed by atoms with Crippen LogP contribution in [0.3, 0.4) is 0 Å². The molecule has 15 nitrogen and oxygen atoms in total. The highest BCUT2D eigenvalue weighted by atomic mass is 16.4. The third kappa shape index (κ3) is 12.7. The maximum Gasteiger partial charge on any atom is 0.322 e. The Morgan fingerprint density at radius 1 is 0.656 bits per heavy atom. The summed E-state index contributed by atoms with van der Waals surface area (Å²) in [6.45, 7) is -0.764. The molecule has 0 aromatic rings. The second-order valence-corrected chi connectivity index (χ2v) is 6.71. The normalized spacial score (nSPS) is 13.2. The molecule has 0 saturated heterocycles. The summed E-state index contributed by atoms with van der Waals surface area (Å²) in [6, 6.07) is -4.16. The van der Waals surface area contributed by atoms with Gasteiger partial charge in [-0.2, -0.15) is 0 Å². The van der Waals surface area contributed by atoms with Crippen molar-refractivity contribution >= 4 is 41.5 Å². The third-order valence-electron chi connectivity index (χ3n) is 4.01. The molecule has 10 N–H and O–H groups in total. The van der Waals surface area contributed by atoms with E-state index in [2.05, 4.69) is 10.6 Å². The van der Waals surface area contributed by atoms with E-state index in [0.29, 0.717) is 0 Å². The van der Waals surface area contributed by atoms with Crippen molar-refractivity contribution in [3.8, 4) is 0 Å². The number of nitrogens with one attached hydrogen (secondary N) is 3. The van der Waals surface area contributed by atoms with E-state index in [1.807, 2.05) is 5.32 Å². The zero-order chi connectivity index (χ0) is 24.8. The lowest BCUT2D eigenvalue weighted by Gasteiger charge is -2.23. The van der Waals surface area contributed by atoms with Gasteiger partial charge in [0.25, 0.3) is 0 Å². The maximum atomic E-state index is 12.6. The van der Waals surface area contributed by atoms with Crippen LogP contribution >= 0.6 is 0 Å². The molecular formula is C17H27N5O10.